The van der Waals surface area contributed by atoms with Crippen LogP contribution in [0.15, 0.2) is 60.7 Å². The fourth-order valence-corrected chi connectivity index (χ4v) is 2.20. The molecule has 0 aliphatic carbocycles. The van der Waals surface area contributed by atoms with Crippen molar-refractivity contribution in [3.05, 3.63) is 66.2 Å². The summed E-state index contributed by atoms with van der Waals surface area (Å²) in [5.41, 5.74) is 2.12. The highest BCUT2D eigenvalue weighted by atomic mass is 16.1. The molecule has 0 spiro atoms. The van der Waals surface area contributed by atoms with Gasteiger partial charge in [-0.05, 0) is 31.7 Å². The monoisotopic (exact) mass is 282 g/mol. The maximum Gasteiger partial charge on any atom is 0.225 e. The molecule has 0 aliphatic heterocycles. The fourth-order valence-electron chi connectivity index (χ4n) is 2.20. The van der Waals surface area contributed by atoms with Gasteiger partial charge in [0.05, 0.1) is 0 Å². The molecule has 1 atom stereocenters. The van der Waals surface area contributed by atoms with Crippen molar-refractivity contribution in [1.29, 1.82) is 0 Å². The summed E-state index contributed by atoms with van der Waals surface area (Å²) in [6.07, 6.45) is 0.489. The van der Waals surface area contributed by atoms with Gasteiger partial charge in [0.1, 0.15) is 0 Å². The second kappa shape index (κ2) is 7.60. The Balaban J connectivity index is 1.81. The van der Waals surface area contributed by atoms with Gasteiger partial charge in [-0.15, -0.1) is 0 Å². The second-order valence-electron chi connectivity index (χ2n) is 5.23. The summed E-state index contributed by atoms with van der Waals surface area (Å²) < 4.78 is 0. The van der Waals surface area contributed by atoms with Crippen LogP contribution in [0.2, 0.25) is 0 Å². The Morgan fingerprint density at radius 2 is 1.62 bits per heavy atom. The predicted molar refractivity (Wildman–Crippen MR) is 87.2 cm³/mol. The zero-order valence-electron chi connectivity index (χ0n) is 12.6. The molecule has 0 aliphatic rings. The summed E-state index contributed by atoms with van der Waals surface area (Å²) in [5.74, 6) is 0.0494. The highest BCUT2D eigenvalue weighted by molar-refractivity contribution is 5.90. The van der Waals surface area contributed by atoms with E-state index in [0.29, 0.717) is 12.5 Å². The van der Waals surface area contributed by atoms with E-state index in [1.807, 2.05) is 55.6 Å². The number of anilines is 1. The molecule has 2 aromatic carbocycles. The van der Waals surface area contributed by atoms with E-state index in [9.17, 15) is 4.79 Å². The number of rotatable bonds is 6. The quantitative estimate of drug-likeness (QED) is 0.876. The zero-order valence-corrected chi connectivity index (χ0v) is 12.6. The highest BCUT2D eigenvalue weighted by Crippen LogP contribution is 2.18. The van der Waals surface area contributed by atoms with Gasteiger partial charge in [0.15, 0.2) is 0 Å². The first-order chi connectivity index (χ1) is 10.2. The van der Waals surface area contributed by atoms with Crippen molar-refractivity contribution >= 4 is 11.6 Å². The molecule has 0 heterocycles. The lowest BCUT2D eigenvalue weighted by atomic mass is 10.1. The Morgan fingerprint density at radius 3 is 2.24 bits per heavy atom. The molecular weight excluding hydrogens is 260 g/mol. The molecule has 1 N–H and O–H groups in total. The summed E-state index contributed by atoms with van der Waals surface area (Å²) in [7, 11) is 2.05. The van der Waals surface area contributed by atoms with Gasteiger partial charge in [0.25, 0.3) is 0 Å². The van der Waals surface area contributed by atoms with E-state index in [1.54, 1.807) is 0 Å². The van der Waals surface area contributed by atoms with Crippen LogP contribution in [0.1, 0.15) is 24.9 Å². The van der Waals surface area contributed by atoms with Crippen LogP contribution >= 0.6 is 0 Å². The average molecular weight is 282 g/mol. The maximum absolute atomic E-state index is 11.9. The van der Waals surface area contributed by atoms with Crippen molar-refractivity contribution in [1.82, 2.24) is 4.90 Å². The number of carbonyl (C=O) groups is 1. The minimum absolute atomic E-state index is 0.0494. The van der Waals surface area contributed by atoms with Gasteiger partial charge in [-0.1, -0.05) is 48.5 Å². The molecule has 0 aromatic heterocycles. The van der Waals surface area contributed by atoms with Gasteiger partial charge in [-0.25, -0.2) is 0 Å². The molecule has 21 heavy (non-hydrogen) atoms. The number of hydrogen-bond donors (Lipinski definition) is 1. The number of para-hydroxylation sites is 1. The minimum atomic E-state index is 0.0494. The third-order valence-electron chi connectivity index (χ3n) is 3.69. The van der Waals surface area contributed by atoms with Gasteiger partial charge in [0, 0.05) is 24.7 Å². The van der Waals surface area contributed by atoms with E-state index in [1.165, 1.54) is 5.56 Å². The molecule has 0 bridgehead atoms. The molecule has 1 amide bonds. The summed E-state index contributed by atoms with van der Waals surface area (Å²) in [6, 6.07) is 20.2. The predicted octanol–water partition coefficient (Wildman–Crippen LogP) is 3.71. The Hall–Kier alpha value is -2.13. The van der Waals surface area contributed by atoms with Gasteiger partial charge in [-0.2, -0.15) is 0 Å². The lowest BCUT2D eigenvalue weighted by Crippen LogP contribution is -2.27. The summed E-state index contributed by atoms with van der Waals surface area (Å²) in [5, 5.41) is 2.91. The zero-order chi connectivity index (χ0) is 15.1. The third-order valence-corrected chi connectivity index (χ3v) is 3.69. The largest absolute Gasteiger partial charge is 0.326 e. The van der Waals surface area contributed by atoms with Crippen molar-refractivity contribution in [3.63, 3.8) is 0 Å². The lowest BCUT2D eigenvalue weighted by Gasteiger charge is -2.24. The molecular formula is C18H22N2O. The minimum Gasteiger partial charge on any atom is -0.326 e. The first-order valence-electron chi connectivity index (χ1n) is 7.27. The second-order valence-corrected chi connectivity index (χ2v) is 5.23. The smallest absolute Gasteiger partial charge is 0.225 e. The van der Waals surface area contributed by atoms with Crippen LogP contribution in [0.5, 0.6) is 0 Å². The van der Waals surface area contributed by atoms with Gasteiger partial charge < -0.3 is 5.32 Å². The van der Waals surface area contributed by atoms with Crippen LogP contribution in [0.4, 0.5) is 5.69 Å². The van der Waals surface area contributed by atoms with E-state index in [0.717, 1.165) is 12.2 Å². The molecule has 2 aromatic rings. The molecule has 110 valence electrons. The number of nitrogens with zero attached hydrogens (tertiary/aromatic N) is 1. The number of amides is 1. The van der Waals surface area contributed by atoms with E-state index in [2.05, 4.69) is 29.3 Å². The van der Waals surface area contributed by atoms with Crippen LogP contribution < -0.4 is 5.32 Å². The third kappa shape index (κ3) is 4.72. The number of nitrogens with one attached hydrogen (secondary N) is 1. The Labute approximate surface area is 126 Å². The summed E-state index contributed by atoms with van der Waals surface area (Å²) >= 11 is 0. The SMILES string of the molecule is CC(c1ccccc1)N(C)CCC(=O)Nc1ccccc1. The highest BCUT2D eigenvalue weighted by Gasteiger charge is 2.12. The topological polar surface area (TPSA) is 32.3 Å². The van der Waals surface area contributed by atoms with Crippen molar-refractivity contribution in [2.75, 3.05) is 18.9 Å². The van der Waals surface area contributed by atoms with Gasteiger partial charge >= 0.3 is 0 Å². The molecule has 3 heteroatoms. The molecule has 0 saturated heterocycles. The Morgan fingerprint density at radius 1 is 1.05 bits per heavy atom. The van der Waals surface area contributed by atoms with E-state index >= 15 is 0 Å². The van der Waals surface area contributed by atoms with Crippen LogP contribution in [-0.2, 0) is 4.79 Å². The number of hydrogen-bond acceptors (Lipinski definition) is 2. The molecule has 0 saturated carbocycles. The number of carbonyl (C=O) groups excluding carboxylic acids is 1. The van der Waals surface area contributed by atoms with E-state index < -0.39 is 0 Å². The number of benzene rings is 2. The molecule has 0 radical (unpaired) electrons. The first kappa shape index (κ1) is 15.3. The summed E-state index contributed by atoms with van der Waals surface area (Å²) in [6.45, 7) is 2.89. The molecule has 2 rings (SSSR count). The van der Waals surface area contributed by atoms with Crippen molar-refractivity contribution < 1.29 is 4.79 Å². The Bertz CT molecular complexity index is 554. The standard InChI is InChI=1S/C18H22N2O/c1-15(16-9-5-3-6-10-16)20(2)14-13-18(21)19-17-11-7-4-8-12-17/h3-12,15H,13-14H2,1-2H3,(H,19,21). The molecule has 3 nitrogen and oxygen atoms in total. The first-order valence-corrected chi connectivity index (χ1v) is 7.27. The maximum atomic E-state index is 11.9. The molecule has 1 unspecified atom stereocenters. The van der Waals surface area contributed by atoms with Crippen LogP contribution in [0.3, 0.4) is 0 Å². The Kier molecular flexibility index (Phi) is 5.52. The fraction of sp³-hybridized carbons (Fsp3) is 0.278. The van der Waals surface area contributed by atoms with Crippen molar-refractivity contribution in [2.24, 2.45) is 0 Å². The van der Waals surface area contributed by atoms with Crippen LogP contribution in [0, 0.1) is 0 Å². The van der Waals surface area contributed by atoms with E-state index in [-0.39, 0.29) is 5.91 Å². The van der Waals surface area contributed by atoms with Crippen LogP contribution in [-0.4, -0.2) is 24.4 Å². The summed E-state index contributed by atoms with van der Waals surface area (Å²) in [4.78, 5) is 14.1. The van der Waals surface area contributed by atoms with E-state index in [4.69, 9.17) is 0 Å². The van der Waals surface area contributed by atoms with Crippen molar-refractivity contribution in [3.8, 4) is 0 Å². The van der Waals surface area contributed by atoms with Gasteiger partial charge in [0.2, 0.25) is 5.91 Å². The van der Waals surface area contributed by atoms with Crippen LogP contribution in [0.25, 0.3) is 0 Å². The van der Waals surface area contributed by atoms with Crippen molar-refractivity contribution in [2.45, 2.75) is 19.4 Å². The average Bonchev–Trinajstić information content (AvgIpc) is 2.53. The molecule has 0 fully saturated rings. The lowest BCUT2D eigenvalue weighted by molar-refractivity contribution is -0.116. The normalized spacial score (nSPS) is 12.1. The van der Waals surface area contributed by atoms with Gasteiger partial charge in [-0.3, -0.25) is 9.69 Å².